The van der Waals surface area contributed by atoms with Crippen LogP contribution in [0.5, 0.6) is 0 Å². The first-order chi connectivity index (χ1) is 7.52. The van der Waals surface area contributed by atoms with Crippen molar-refractivity contribution in [2.24, 2.45) is 17.6 Å². The van der Waals surface area contributed by atoms with Crippen molar-refractivity contribution in [2.75, 3.05) is 20.1 Å². The lowest BCUT2D eigenvalue weighted by Gasteiger charge is -2.25. The molecule has 2 N–H and O–H groups in total. The number of hydrogen-bond donors (Lipinski definition) is 1. The molecular weight excluding hydrogens is 200 g/mol. The number of nitrogens with zero attached hydrogens (tertiary/aromatic N) is 1. The highest BCUT2D eigenvalue weighted by molar-refractivity contribution is 5.05. The summed E-state index contributed by atoms with van der Waals surface area (Å²) in [6.45, 7) is 9.05. The van der Waals surface area contributed by atoms with E-state index in [1.165, 1.54) is 0 Å². The van der Waals surface area contributed by atoms with Crippen molar-refractivity contribution in [1.82, 2.24) is 4.90 Å². The summed E-state index contributed by atoms with van der Waals surface area (Å²) in [4.78, 5) is 2.27. The van der Waals surface area contributed by atoms with Gasteiger partial charge in [0.2, 0.25) is 0 Å². The molecule has 92 valence electrons. The van der Waals surface area contributed by atoms with Crippen molar-refractivity contribution in [3.05, 3.63) is 23.7 Å². The van der Waals surface area contributed by atoms with Gasteiger partial charge in [0.1, 0.15) is 11.5 Å². The van der Waals surface area contributed by atoms with Gasteiger partial charge < -0.3 is 10.2 Å². The Morgan fingerprint density at radius 3 is 2.50 bits per heavy atom. The molecule has 0 aliphatic rings. The average Bonchev–Trinajstić information content (AvgIpc) is 2.60. The molecule has 0 saturated heterocycles. The highest BCUT2D eigenvalue weighted by atomic mass is 16.3. The number of rotatable bonds is 6. The molecule has 1 atom stereocenters. The molecule has 0 bridgehead atoms. The van der Waals surface area contributed by atoms with Crippen LogP contribution in [0.15, 0.2) is 16.5 Å². The third kappa shape index (κ3) is 3.99. The number of nitrogens with two attached hydrogens (primary N) is 1. The van der Waals surface area contributed by atoms with Crippen LogP contribution < -0.4 is 5.73 Å². The molecular formula is C13H24N2O. The Bertz CT molecular complexity index is 307. The lowest BCUT2D eigenvalue weighted by Crippen LogP contribution is -2.32. The van der Waals surface area contributed by atoms with E-state index < -0.39 is 0 Å². The standard InChI is InChI=1S/C13H24N2O/c1-10(2)12(7-14)8-15(4)9-13-6-5-11(3)16-13/h5-6,10,12H,7-9,14H2,1-4H3. The summed E-state index contributed by atoms with van der Waals surface area (Å²) in [6.07, 6.45) is 0. The first kappa shape index (κ1) is 13.3. The maximum absolute atomic E-state index is 5.77. The smallest absolute Gasteiger partial charge is 0.118 e. The Labute approximate surface area is 98.6 Å². The molecule has 3 nitrogen and oxygen atoms in total. The van der Waals surface area contributed by atoms with E-state index in [0.717, 1.165) is 31.2 Å². The Hall–Kier alpha value is -0.800. The van der Waals surface area contributed by atoms with Crippen molar-refractivity contribution < 1.29 is 4.42 Å². The van der Waals surface area contributed by atoms with Crippen LogP contribution in [0.1, 0.15) is 25.4 Å². The van der Waals surface area contributed by atoms with E-state index in [-0.39, 0.29) is 0 Å². The van der Waals surface area contributed by atoms with Crippen LogP contribution in [0.2, 0.25) is 0 Å². The van der Waals surface area contributed by atoms with Crippen LogP contribution >= 0.6 is 0 Å². The molecule has 0 saturated carbocycles. The van der Waals surface area contributed by atoms with Gasteiger partial charge in [-0.3, -0.25) is 4.90 Å². The third-order valence-corrected chi connectivity index (χ3v) is 3.01. The first-order valence-electron chi connectivity index (χ1n) is 5.96. The lowest BCUT2D eigenvalue weighted by atomic mass is 9.95. The average molecular weight is 224 g/mol. The maximum Gasteiger partial charge on any atom is 0.118 e. The fraction of sp³-hybridized carbons (Fsp3) is 0.692. The van der Waals surface area contributed by atoms with Gasteiger partial charge in [-0.25, -0.2) is 0 Å². The first-order valence-corrected chi connectivity index (χ1v) is 5.96. The topological polar surface area (TPSA) is 42.4 Å². The summed E-state index contributed by atoms with van der Waals surface area (Å²) < 4.78 is 5.56. The normalized spacial score (nSPS) is 13.7. The predicted octanol–water partition coefficient (Wildman–Crippen LogP) is 2.25. The van der Waals surface area contributed by atoms with Crippen LogP contribution in [0.3, 0.4) is 0 Å². The molecule has 0 amide bonds. The van der Waals surface area contributed by atoms with Crippen LogP contribution in [-0.4, -0.2) is 25.0 Å². The van der Waals surface area contributed by atoms with Crippen molar-refractivity contribution in [3.8, 4) is 0 Å². The molecule has 1 unspecified atom stereocenters. The molecule has 0 aromatic carbocycles. The highest BCUT2D eigenvalue weighted by Gasteiger charge is 2.14. The molecule has 1 rings (SSSR count). The molecule has 0 spiro atoms. The fourth-order valence-corrected chi connectivity index (χ4v) is 1.86. The Morgan fingerprint density at radius 2 is 2.06 bits per heavy atom. The van der Waals surface area contributed by atoms with Gasteiger partial charge in [-0.2, -0.15) is 0 Å². The molecule has 0 radical (unpaired) electrons. The van der Waals surface area contributed by atoms with Crippen LogP contribution in [-0.2, 0) is 6.54 Å². The zero-order chi connectivity index (χ0) is 12.1. The number of hydrogen-bond acceptors (Lipinski definition) is 3. The molecule has 0 fully saturated rings. The third-order valence-electron chi connectivity index (χ3n) is 3.01. The molecule has 16 heavy (non-hydrogen) atoms. The van der Waals surface area contributed by atoms with Crippen LogP contribution in [0, 0.1) is 18.8 Å². The summed E-state index contributed by atoms with van der Waals surface area (Å²) in [7, 11) is 2.11. The van der Waals surface area contributed by atoms with Crippen molar-refractivity contribution >= 4 is 0 Å². The Kier molecular flexibility index (Phi) is 5.03. The predicted molar refractivity (Wildman–Crippen MR) is 67.2 cm³/mol. The van der Waals surface area contributed by atoms with Crippen LogP contribution in [0.25, 0.3) is 0 Å². The molecule has 0 aliphatic heterocycles. The van der Waals surface area contributed by atoms with E-state index in [2.05, 4.69) is 25.8 Å². The van der Waals surface area contributed by atoms with E-state index in [1.54, 1.807) is 0 Å². The number of aryl methyl sites for hydroxylation is 1. The summed E-state index contributed by atoms with van der Waals surface area (Å²) in [6, 6.07) is 4.05. The Morgan fingerprint density at radius 1 is 1.38 bits per heavy atom. The molecule has 1 aromatic rings. The van der Waals surface area contributed by atoms with Crippen molar-refractivity contribution in [3.63, 3.8) is 0 Å². The van der Waals surface area contributed by atoms with Gasteiger partial charge in [-0.1, -0.05) is 13.8 Å². The fourth-order valence-electron chi connectivity index (χ4n) is 1.86. The van der Waals surface area contributed by atoms with Gasteiger partial charge in [0.15, 0.2) is 0 Å². The molecule has 3 heteroatoms. The second kappa shape index (κ2) is 6.06. The van der Waals surface area contributed by atoms with Gasteiger partial charge >= 0.3 is 0 Å². The molecule has 0 aliphatic carbocycles. The van der Waals surface area contributed by atoms with Crippen molar-refractivity contribution in [1.29, 1.82) is 0 Å². The van der Waals surface area contributed by atoms with E-state index >= 15 is 0 Å². The second-order valence-corrected chi connectivity index (χ2v) is 4.95. The van der Waals surface area contributed by atoms with Gasteiger partial charge in [0.05, 0.1) is 6.54 Å². The van der Waals surface area contributed by atoms with Crippen LogP contribution in [0.4, 0.5) is 0 Å². The Balaban J connectivity index is 2.43. The minimum atomic E-state index is 0.557. The second-order valence-electron chi connectivity index (χ2n) is 4.95. The van der Waals surface area contributed by atoms with Gasteiger partial charge in [-0.05, 0) is 44.5 Å². The summed E-state index contributed by atoms with van der Waals surface area (Å²) >= 11 is 0. The van der Waals surface area contributed by atoms with Gasteiger partial charge in [0.25, 0.3) is 0 Å². The zero-order valence-corrected chi connectivity index (χ0v) is 10.9. The minimum absolute atomic E-state index is 0.557. The van der Waals surface area contributed by atoms with Gasteiger partial charge in [0, 0.05) is 6.54 Å². The van der Waals surface area contributed by atoms with Crippen molar-refractivity contribution in [2.45, 2.75) is 27.3 Å². The SMILES string of the molecule is Cc1ccc(CN(C)CC(CN)C(C)C)o1. The largest absolute Gasteiger partial charge is 0.465 e. The van der Waals surface area contributed by atoms with E-state index in [4.69, 9.17) is 10.2 Å². The zero-order valence-electron chi connectivity index (χ0n) is 10.9. The molecule has 1 heterocycles. The van der Waals surface area contributed by atoms with E-state index in [9.17, 15) is 0 Å². The minimum Gasteiger partial charge on any atom is -0.465 e. The maximum atomic E-state index is 5.77. The summed E-state index contributed by atoms with van der Waals surface area (Å²) in [5, 5.41) is 0. The molecule has 1 aromatic heterocycles. The number of furan rings is 1. The quantitative estimate of drug-likeness (QED) is 0.806. The van der Waals surface area contributed by atoms with E-state index in [0.29, 0.717) is 11.8 Å². The highest BCUT2D eigenvalue weighted by Crippen LogP contribution is 2.13. The monoisotopic (exact) mass is 224 g/mol. The summed E-state index contributed by atoms with van der Waals surface area (Å²) in [5.41, 5.74) is 5.77. The van der Waals surface area contributed by atoms with Gasteiger partial charge in [-0.15, -0.1) is 0 Å². The summed E-state index contributed by atoms with van der Waals surface area (Å²) in [5.74, 6) is 3.19. The lowest BCUT2D eigenvalue weighted by molar-refractivity contribution is 0.220. The van der Waals surface area contributed by atoms with E-state index in [1.807, 2.05) is 19.1 Å².